The molecule has 0 aromatic rings. The summed E-state index contributed by atoms with van der Waals surface area (Å²) in [7, 11) is 0. The van der Waals surface area contributed by atoms with Gasteiger partial charge in [-0.3, -0.25) is 0 Å². The number of aliphatic hydroxyl groups excluding tert-OH is 3. The number of carboxylic acid groups (broad SMARTS) is 3. The van der Waals surface area contributed by atoms with Gasteiger partial charge in [0.2, 0.25) is 6.10 Å². The van der Waals surface area contributed by atoms with E-state index in [1.165, 1.54) is 0 Å². The van der Waals surface area contributed by atoms with Gasteiger partial charge in [-0.2, -0.15) is 0 Å². The van der Waals surface area contributed by atoms with Crippen LogP contribution in [0.2, 0.25) is 0 Å². The minimum atomic E-state index is -2.64. The summed E-state index contributed by atoms with van der Waals surface area (Å²) >= 11 is 0. The van der Waals surface area contributed by atoms with Crippen molar-refractivity contribution in [3.8, 4) is 0 Å². The number of carbonyl (C=O) groups excluding carboxylic acids is 1. The quantitative estimate of drug-likeness (QED) is 0.194. The number of rotatable bonds is 7. The molecule has 0 heterocycles. The van der Waals surface area contributed by atoms with Gasteiger partial charge < -0.3 is 35.4 Å². The Balaban J connectivity index is 0. The Hall–Kier alpha value is -0.980. The molecule has 0 aromatic carbocycles. The third kappa shape index (κ3) is 5.98. The van der Waals surface area contributed by atoms with Crippen LogP contribution in [0.15, 0.2) is 0 Å². The van der Waals surface area contributed by atoms with Crippen molar-refractivity contribution in [2.75, 3.05) is 0 Å². The first-order valence-corrected chi connectivity index (χ1v) is 4.52. The summed E-state index contributed by atoms with van der Waals surface area (Å²) in [4.78, 5) is 42.2. The predicted octanol–water partition coefficient (Wildman–Crippen LogP) is -4.68. The van der Waals surface area contributed by atoms with E-state index in [-0.39, 0.29) is 37.7 Å². The number of aliphatic carboxylic acids is 3. The summed E-state index contributed by atoms with van der Waals surface area (Å²) in [5, 5.41) is 51.8. The number of aliphatic hydroxyl groups is 3. The molecular formula is C8H12CaO11. The van der Waals surface area contributed by atoms with Crippen molar-refractivity contribution in [3.05, 3.63) is 0 Å². The average molecular weight is 324 g/mol. The van der Waals surface area contributed by atoms with E-state index in [9.17, 15) is 19.2 Å². The fraction of sp³-hybridized carbons (Fsp3) is 0.500. The molecule has 0 aliphatic carbocycles. The molecule has 6 N–H and O–H groups in total. The van der Waals surface area contributed by atoms with Crippen molar-refractivity contribution < 1.29 is 54.6 Å². The normalized spacial score (nSPS) is 15.9. The van der Waals surface area contributed by atoms with Crippen LogP contribution in [0.5, 0.6) is 0 Å². The molecule has 4 unspecified atom stereocenters. The Morgan fingerprint density at radius 1 is 0.700 bits per heavy atom. The van der Waals surface area contributed by atoms with Gasteiger partial charge in [-0.15, -0.1) is 0 Å². The first-order chi connectivity index (χ1) is 8.59. The maximum atomic E-state index is 11.1. The zero-order valence-corrected chi connectivity index (χ0v) is 9.03. The van der Waals surface area contributed by atoms with Gasteiger partial charge in [0.05, 0.1) is 0 Å². The van der Waals surface area contributed by atoms with Crippen LogP contribution < -0.4 is 0 Å². The Kier molecular flexibility index (Phi) is 9.64. The van der Waals surface area contributed by atoms with E-state index in [2.05, 4.69) is 4.74 Å². The molecule has 0 saturated carbocycles. The maximum absolute atomic E-state index is 11.1. The summed E-state index contributed by atoms with van der Waals surface area (Å²) in [6.07, 6.45) is -10.4. The molecule has 0 amide bonds. The van der Waals surface area contributed by atoms with Crippen molar-refractivity contribution in [1.29, 1.82) is 0 Å². The summed E-state index contributed by atoms with van der Waals surface area (Å²) < 4.78 is 3.93. The predicted molar refractivity (Wildman–Crippen MR) is 59.4 cm³/mol. The fourth-order valence-electron chi connectivity index (χ4n) is 0.838. The first kappa shape index (κ1) is 21.3. The topological polar surface area (TPSA) is 199 Å². The molecule has 0 saturated heterocycles. The molecule has 0 spiro atoms. The number of carboxylic acids is 3. The van der Waals surface area contributed by atoms with E-state index < -0.39 is 48.3 Å². The van der Waals surface area contributed by atoms with Gasteiger partial charge in [-0.25, -0.2) is 19.2 Å². The van der Waals surface area contributed by atoms with Gasteiger partial charge in [0, 0.05) is 0 Å². The molecule has 0 radical (unpaired) electrons. The van der Waals surface area contributed by atoms with Crippen molar-refractivity contribution in [3.63, 3.8) is 0 Å². The van der Waals surface area contributed by atoms with Crippen LogP contribution in [0.4, 0.5) is 0 Å². The number of hydrogen-bond donors (Lipinski definition) is 6. The van der Waals surface area contributed by atoms with Gasteiger partial charge in [0.1, 0.15) is 0 Å². The van der Waals surface area contributed by atoms with Gasteiger partial charge in [0.25, 0.3) is 0 Å². The van der Waals surface area contributed by atoms with E-state index in [4.69, 9.17) is 30.6 Å². The summed E-state index contributed by atoms with van der Waals surface area (Å²) in [5.41, 5.74) is 0. The van der Waals surface area contributed by atoms with E-state index in [1.54, 1.807) is 0 Å². The van der Waals surface area contributed by atoms with E-state index in [0.717, 1.165) is 0 Å². The van der Waals surface area contributed by atoms with Crippen LogP contribution in [-0.4, -0.2) is 117 Å². The Morgan fingerprint density at radius 2 is 1.10 bits per heavy atom. The second kappa shape index (κ2) is 9.05. The molecule has 0 bridgehead atoms. The molecule has 0 aliphatic rings. The van der Waals surface area contributed by atoms with Crippen molar-refractivity contribution in [1.82, 2.24) is 0 Å². The van der Waals surface area contributed by atoms with Crippen molar-refractivity contribution in [2.45, 2.75) is 24.4 Å². The van der Waals surface area contributed by atoms with E-state index >= 15 is 0 Å². The van der Waals surface area contributed by atoms with Crippen LogP contribution in [0.1, 0.15) is 0 Å². The van der Waals surface area contributed by atoms with Gasteiger partial charge in [-0.05, 0) is 0 Å². The third-order valence-electron chi connectivity index (χ3n) is 1.82. The average Bonchev–Trinajstić information content (AvgIpc) is 2.31. The fourth-order valence-corrected chi connectivity index (χ4v) is 0.838. The molecule has 112 valence electrons. The summed E-state index contributed by atoms with van der Waals surface area (Å²) in [6.45, 7) is 0. The van der Waals surface area contributed by atoms with Crippen LogP contribution in [-0.2, 0) is 23.9 Å². The molecule has 20 heavy (non-hydrogen) atoms. The van der Waals surface area contributed by atoms with Crippen LogP contribution >= 0.6 is 0 Å². The molecule has 0 aliphatic heterocycles. The van der Waals surface area contributed by atoms with E-state index in [0.29, 0.717) is 0 Å². The SMILES string of the molecule is O=C(O)C(O)C(O)C(=O)OC(C(=O)O)C(O)C(=O)O.[CaH2]. The Labute approximate surface area is 140 Å². The van der Waals surface area contributed by atoms with Gasteiger partial charge >= 0.3 is 61.6 Å². The third-order valence-corrected chi connectivity index (χ3v) is 1.82. The molecule has 0 rings (SSSR count). The Morgan fingerprint density at radius 3 is 1.40 bits per heavy atom. The monoisotopic (exact) mass is 324 g/mol. The van der Waals surface area contributed by atoms with E-state index in [1.807, 2.05) is 0 Å². The van der Waals surface area contributed by atoms with Crippen molar-refractivity contribution >= 4 is 61.6 Å². The molecule has 12 heteroatoms. The second-order valence-corrected chi connectivity index (χ2v) is 3.21. The zero-order chi connectivity index (χ0) is 15.3. The molecular weight excluding hydrogens is 312 g/mol. The van der Waals surface area contributed by atoms with Gasteiger partial charge in [0.15, 0.2) is 18.3 Å². The second-order valence-electron chi connectivity index (χ2n) is 3.21. The standard InChI is InChI=1S/C8H10O11.Ca.2H/c9-1(5(12)13)2(10)8(18)19-4(7(16)17)3(11)6(14)15;;;/h1-4,9-11H,(H,12,13)(H,14,15)(H,16,17);;;. The summed E-state index contributed by atoms with van der Waals surface area (Å²) in [6, 6.07) is 0. The molecule has 4 atom stereocenters. The number of hydrogen-bond acceptors (Lipinski definition) is 8. The zero-order valence-electron chi connectivity index (χ0n) is 9.03. The van der Waals surface area contributed by atoms with Crippen LogP contribution in [0.3, 0.4) is 0 Å². The molecule has 0 aromatic heterocycles. The minimum absolute atomic E-state index is 0. The first-order valence-electron chi connectivity index (χ1n) is 4.52. The van der Waals surface area contributed by atoms with Gasteiger partial charge in [-0.1, -0.05) is 0 Å². The van der Waals surface area contributed by atoms with Crippen LogP contribution in [0.25, 0.3) is 0 Å². The molecule has 11 nitrogen and oxygen atoms in total. The van der Waals surface area contributed by atoms with Crippen molar-refractivity contribution in [2.24, 2.45) is 0 Å². The van der Waals surface area contributed by atoms with Crippen LogP contribution in [0, 0.1) is 0 Å². The number of esters is 1. The molecule has 0 fully saturated rings. The number of carbonyl (C=O) groups is 4. The number of ether oxygens (including phenoxy) is 1. The summed E-state index contributed by atoms with van der Waals surface area (Å²) in [5.74, 6) is -7.97. The Bertz CT molecular complexity index is 394.